The van der Waals surface area contributed by atoms with E-state index < -0.39 is 0 Å². The molecule has 2 aromatic heterocycles. The molecule has 0 saturated carbocycles. The zero-order chi connectivity index (χ0) is 20.5. The van der Waals surface area contributed by atoms with E-state index in [0.717, 1.165) is 59.0 Å². The number of benzene rings is 1. The van der Waals surface area contributed by atoms with Gasteiger partial charge in [0.25, 0.3) is 5.91 Å². The van der Waals surface area contributed by atoms with E-state index >= 15 is 0 Å². The largest absolute Gasteiger partial charge is 0.497 e. The number of ether oxygens (including phenoxy) is 1. The molecule has 0 bridgehead atoms. The summed E-state index contributed by atoms with van der Waals surface area (Å²) in [6.07, 6.45) is 2.95. The molecular formula is C22H26N4O3. The van der Waals surface area contributed by atoms with Gasteiger partial charge in [0.2, 0.25) is 0 Å². The van der Waals surface area contributed by atoms with Crippen LogP contribution >= 0.6 is 0 Å². The van der Waals surface area contributed by atoms with Gasteiger partial charge in [0.1, 0.15) is 11.5 Å². The summed E-state index contributed by atoms with van der Waals surface area (Å²) in [5.74, 6) is 1.74. The van der Waals surface area contributed by atoms with Crippen molar-refractivity contribution in [3.05, 3.63) is 58.2 Å². The Labute approximate surface area is 170 Å². The van der Waals surface area contributed by atoms with Gasteiger partial charge in [-0.2, -0.15) is 5.10 Å². The van der Waals surface area contributed by atoms with Crippen LogP contribution in [0.3, 0.4) is 0 Å². The lowest BCUT2D eigenvalue weighted by Gasteiger charge is -2.15. The number of nitrogens with one attached hydrogen (secondary N) is 1. The standard InChI is InChI=1S/C22H26N4O3/c1-13-6-5-7-18-20(25-29-21(13)18)22(27)23-19-14(2)24-26(15(19)3)12-16-8-10-17(28-4)11-9-16/h8-11,13H,5-7,12H2,1-4H3,(H,23,27). The second kappa shape index (κ2) is 7.73. The zero-order valence-corrected chi connectivity index (χ0v) is 17.3. The van der Waals surface area contributed by atoms with Gasteiger partial charge in [-0.15, -0.1) is 0 Å². The Morgan fingerprint density at radius 3 is 2.79 bits per heavy atom. The van der Waals surface area contributed by atoms with Gasteiger partial charge in [-0.1, -0.05) is 24.2 Å². The van der Waals surface area contributed by atoms with E-state index in [1.807, 2.05) is 42.8 Å². The van der Waals surface area contributed by atoms with Crippen LogP contribution in [0.2, 0.25) is 0 Å². The number of hydrogen-bond donors (Lipinski definition) is 1. The number of hydrogen-bond acceptors (Lipinski definition) is 5. The molecule has 1 N–H and O–H groups in total. The molecule has 1 atom stereocenters. The van der Waals surface area contributed by atoms with E-state index in [2.05, 4.69) is 22.5 Å². The van der Waals surface area contributed by atoms with Gasteiger partial charge in [0.15, 0.2) is 5.69 Å². The third-order valence-corrected chi connectivity index (χ3v) is 5.66. The minimum atomic E-state index is -0.237. The summed E-state index contributed by atoms with van der Waals surface area (Å²) in [4.78, 5) is 12.9. The third-order valence-electron chi connectivity index (χ3n) is 5.66. The van der Waals surface area contributed by atoms with Crippen molar-refractivity contribution in [3.63, 3.8) is 0 Å². The zero-order valence-electron chi connectivity index (χ0n) is 17.3. The summed E-state index contributed by atoms with van der Waals surface area (Å²) >= 11 is 0. The quantitative estimate of drug-likeness (QED) is 0.700. The first-order valence-corrected chi connectivity index (χ1v) is 9.94. The Morgan fingerprint density at radius 1 is 1.31 bits per heavy atom. The van der Waals surface area contributed by atoms with E-state index in [-0.39, 0.29) is 5.91 Å². The van der Waals surface area contributed by atoms with Gasteiger partial charge in [-0.25, -0.2) is 0 Å². The van der Waals surface area contributed by atoms with Gasteiger partial charge in [0, 0.05) is 11.5 Å². The smallest absolute Gasteiger partial charge is 0.278 e. The van der Waals surface area contributed by atoms with E-state index in [9.17, 15) is 4.79 Å². The minimum absolute atomic E-state index is 0.237. The third kappa shape index (κ3) is 3.64. The van der Waals surface area contributed by atoms with Crippen LogP contribution in [-0.4, -0.2) is 28.0 Å². The molecule has 2 heterocycles. The molecule has 1 aliphatic rings. The first-order valence-electron chi connectivity index (χ1n) is 9.94. The Kier molecular flexibility index (Phi) is 5.13. The molecule has 0 spiro atoms. The molecule has 29 heavy (non-hydrogen) atoms. The van der Waals surface area contributed by atoms with E-state index in [1.165, 1.54) is 0 Å². The summed E-state index contributed by atoms with van der Waals surface area (Å²) in [5.41, 5.74) is 4.85. The van der Waals surface area contributed by atoms with Crippen LogP contribution in [0.15, 0.2) is 28.8 Å². The van der Waals surface area contributed by atoms with Crippen molar-refractivity contribution >= 4 is 11.6 Å². The summed E-state index contributed by atoms with van der Waals surface area (Å²) < 4.78 is 12.6. The van der Waals surface area contributed by atoms with Crippen molar-refractivity contribution in [2.24, 2.45) is 0 Å². The topological polar surface area (TPSA) is 82.2 Å². The molecule has 3 aromatic rings. The van der Waals surface area contributed by atoms with Crippen molar-refractivity contribution in [1.82, 2.24) is 14.9 Å². The molecule has 1 aromatic carbocycles. The van der Waals surface area contributed by atoms with Crippen LogP contribution in [0.5, 0.6) is 5.75 Å². The molecule has 1 amide bonds. The Morgan fingerprint density at radius 2 is 2.07 bits per heavy atom. The fourth-order valence-corrected chi connectivity index (χ4v) is 3.95. The van der Waals surface area contributed by atoms with Crippen molar-refractivity contribution < 1.29 is 14.1 Å². The van der Waals surface area contributed by atoms with Crippen LogP contribution in [0.1, 0.15) is 64.4 Å². The number of aryl methyl sites for hydroxylation is 1. The van der Waals surface area contributed by atoms with Gasteiger partial charge in [-0.3, -0.25) is 9.48 Å². The first kappa shape index (κ1) is 19.2. The van der Waals surface area contributed by atoms with Crippen molar-refractivity contribution in [1.29, 1.82) is 0 Å². The average Bonchev–Trinajstić information content (AvgIpc) is 3.26. The fourth-order valence-electron chi connectivity index (χ4n) is 3.95. The molecule has 1 aliphatic carbocycles. The van der Waals surface area contributed by atoms with E-state index in [1.54, 1.807) is 7.11 Å². The Balaban J connectivity index is 1.54. The Hall–Kier alpha value is -3.09. The highest BCUT2D eigenvalue weighted by atomic mass is 16.5. The van der Waals surface area contributed by atoms with Gasteiger partial charge < -0.3 is 14.6 Å². The minimum Gasteiger partial charge on any atom is -0.497 e. The molecule has 0 aliphatic heterocycles. The summed E-state index contributed by atoms with van der Waals surface area (Å²) in [7, 11) is 1.65. The fraction of sp³-hybridized carbons (Fsp3) is 0.409. The number of anilines is 1. The highest BCUT2D eigenvalue weighted by molar-refractivity contribution is 6.04. The molecule has 0 saturated heterocycles. The van der Waals surface area contributed by atoms with E-state index in [4.69, 9.17) is 9.26 Å². The molecule has 0 fully saturated rings. The molecular weight excluding hydrogens is 368 g/mol. The molecule has 7 nitrogen and oxygen atoms in total. The maximum atomic E-state index is 12.9. The number of amides is 1. The predicted molar refractivity (Wildman–Crippen MR) is 110 cm³/mol. The number of methoxy groups -OCH3 is 1. The molecule has 0 radical (unpaired) electrons. The van der Waals surface area contributed by atoms with E-state index in [0.29, 0.717) is 18.2 Å². The van der Waals surface area contributed by atoms with Crippen LogP contribution in [0, 0.1) is 13.8 Å². The van der Waals surface area contributed by atoms with Crippen molar-refractivity contribution in [2.45, 2.75) is 52.5 Å². The number of carbonyl (C=O) groups excluding carboxylic acids is 1. The number of nitrogens with zero attached hydrogens (tertiary/aromatic N) is 3. The molecule has 4 rings (SSSR count). The van der Waals surface area contributed by atoms with Crippen LogP contribution in [0.25, 0.3) is 0 Å². The van der Waals surface area contributed by atoms with Crippen molar-refractivity contribution in [2.75, 3.05) is 12.4 Å². The highest BCUT2D eigenvalue weighted by Gasteiger charge is 2.29. The lowest BCUT2D eigenvalue weighted by Crippen LogP contribution is -2.17. The monoisotopic (exact) mass is 394 g/mol. The molecule has 1 unspecified atom stereocenters. The molecule has 7 heteroatoms. The summed E-state index contributed by atoms with van der Waals surface area (Å²) in [6, 6.07) is 7.88. The average molecular weight is 394 g/mol. The van der Waals surface area contributed by atoms with Gasteiger partial charge in [0.05, 0.1) is 30.7 Å². The Bertz CT molecular complexity index is 1030. The van der Waals surface area contributed by atoms with Crippen LogP contribution in [-0.2, 0) is 13.0 Å². The van der Waals surface area contributed by atoms with Gasteiger partial charge in [-0.05, 0) is 50.8 Å². The maximum Gasteiger partial charge on any atom is 0.278 e. The van der Waals surface area contributed by atoms with Gasteiger partial charge >= 0.3 is 0 Å². The second-order valence-electron chi connectivity index (χ2n) is 7.67. The summed E-state index contributed by atoms with van der Waals surface area (Å²) in [6.45, 7) is 6.58. The number of aromatic nitrogens is 3. The van der Waals surface area contributed by atoms with Crippen LogP contribution in [0.4, 0.5) is 5.69 Å². The van der Waals surface area contributed by atoms with Crippen molar-refractivity contribution in [3.8, 4) is 5.75 Å². The first-order chi connectivity index (χ1) is 14.0. The summed E-state index contributed by atoms with van der Waals surface area (Å²) in [5, 5.41) is 11.7. The number of rotatable bonds is 5. The second-order valence-corrected chi connectivity index (χ2v) is 7.67. The number of fused-ring (bicyclic) bond motifs is 1. The SMILES string of the molecule is COc1ccc(Cn2nc(C)c(NC(=O)c3noc4c3CCCC4C)c2C)cc1. The maximum absolute atomic E-state index is 12.9. The highest BCUT2D eigenvalue weighted by Crippen LogP contribution is 2.33. The number of carbonyl (C=O) groups is 1. The predicted octanol–water partition coefficient (Wildman–Crippen LogP) is 4.24. The lowest BCUT2D eigenvalue weighted by molar-refractivity contribution is 0.101. The molecule has 152 valence electrons. The van der Waals surface area contributed by atoms with Crippen LogP contribution < -0.4 is 10.1 Å². The normalized spacial score (nSPS) is 15.8. The lowest BCUT2D eigenvalue weighted by atomic mass is 9.88.